The molecular formula is C20H23FN2O4S. The van der Waals surface area contributed by atoms with E-state index >= 15 is 0 Å². The molecule has 1 aliphatic rings. The van der Waals surface area contributed by atoms with Crippen LogP contribution in [0.25, 0.3) is 0 Å². The summed E-state index contributed by atoms with van der Waals surface area (Å²) in [5.41, 5.74) is 1.16. The predicted molar refractivity (Wildman–Crippen MR) is 103 cm³/mol. The van der Waals surface area contributed by atoms with Gasteiger partial charge in [0.2, 0.25) is 10.0 Å². The average Bonchev–Trinajstić information content (AvgIpc) is 2.72. The fourth-order valence-electron chi connectivity index (χ4n) is 3.02. The highest BCUT2D eigenvalue weighted by Gasteiger charge is 2.26. The molecule has 1 aliphatic heterocycles. The number of nitrogens with one attached hydrogen (secondary N) is 1. The molecule has 0 bridgehead atoms. The Hall–Kier alpha value is -2.29. The second-order valence-corrected chi connectivity index (χ2v) is 8.47. The van der Waals surface area contributed by atoms with Gasteiger partial charge in [0.25, 0.3) is 5.91 Å². The van der Waals surface area contributed by atoms with Crippen molar-refractivity contribution < 1.29 is 22.3 Å². The summed E-state index contributed by atoms with van der Waals surface area (Å²) >= 11 is 0. The van der Waals surface area contributed by atoms with Gasteiger partial charge in [-0.05, 0) is 48.7 Å². The van der Waals surface area contributed by atoms with E-state index in [9.17, 15) is 17.6 Å². The van der Waals surface area contributed by atoms with Crippen molar-refractivity contribution >= 4 is 15.9 Å². The second-order valence-electron chi connectivity index (χ2n) is 6.53. The standard InChI is InChI=1S/C20H23FN2O4S/c21-18-7-1-4-16(14-18)5-3-9-22-20(24)17-6-2-8-19(15-17)28(25,26)23-10-12-27-13-11-23/h1-2,4,6-8,14-15H,3,5,9-13H2,(H,22,24). The van der Waals surface area contributed by atoms with Gasteiger partial charge in [0.15, 0.2) is 0 Å². The third kappa shape index (κ3) is 5.15. The van der Waals surface area contributed by atoms with Crippen molar-refractivity contribution in [3.05, 3.63) is 65.5 Å². The van der Waals surface area contributed by atoms with Gasteiger partial charge in [-0.2, -0.15) is 4.31 Å². The number of carbonyl (C=O) groups excluding carboxylic acids is 1. The van der Waals surface area contributed by atoms with Crippen LogP contribution in [0.15, 0.2) is 53.4 Å². The van der Waals surface area contributed by atoms with Gasteiger partial charge >= 0.3 is 0 Å². The van der Waals surface area contributed by atoms with E-state index in [1.807, 2.05) is 6.07 Å². The van der Waals surface area contributed by atoms with Crippen LogP contribution < -0.4 is 5.32 Å². The number of rotatable bonds is 7. The van der Waals surface area contributed by atoms with E-state index in [-0.39, 0.29) is 16.6 Å². The Bertz CT molecular complexity index is 927. The number of carbonyl (C=O) groups is 1. The van der Waals surface area contributed by atoms with Gasteiger partial charge in [0, 0.05) is 25.2 Å². The molecule has 0 aliphatic carbocycles. The van der Waals surface area contributed by atoms with E-state index in [4.69, 9.17) is 4.74 Å². The van der Waals surface area contributed by atoms with Crippen LogP contribution in [0.4, 0.5) is 4.39 Å². The lowest BCUT2D eigenvalue weighted by Gasteiger charge is -2.26. The first-order valence-electron chi connectivity index (χ1n) is 9.17. The molecule has 1 amide bonds. The molecule has 1 fully saturated rings. The smallest absolute Gasteiger partial charge is 0.251 e. The molecule has 1 N–H and O–H groups in total. The number of nitrogens with zero attached hydrogens (tertiary/aromatic N) is 1. The highest BCUT2D eigenvalue weighted by Crippen LogP contribution is 2.18. The molecule has 6 nitrogen and oxygen atoms in total. The number of hydrogen-bond donors (Lipinski definition) is 1. The Balaban J connectivity index is 1.57. The van der Waals surface area contributed by atoms with Crippen LogP contribution in [-0.4, -0.2) is 51.5 Å². The molecule has 1 saturated heterocycles. The Kier molecular flexibility index (Phi) is 6.77. The average molecular weight is 406 g/mol. The molecule has 3 rings (SSSR count). The fourth-order valence-corrected chi connectivity index (χ4v) is 4.48. The summed E-state index contributed by atoms with van der Waals surface area (Å²) < 4.78 is 45.2. The van der Waals surface area contributed by atoms with Crippen LogP contribution in [0.1, 0.15) is 22.3 Å². The van der Waals surface area contributed by atoms with E-state index < -0.39 is 10.0 Å². The number of halogens is 1. The zero-order valence-electron chi connectivity index (χ0n) is 15.4. The quantitative estimate of drug-likeness (QED) is 0.716. The van der Waals surface area contributed by atoms with Crippen LogP contribution in [0.3, 0.4) is 0 Å². The van der Waals surface area contributed by atoms with Crippen LogP contribution in [-0.2, 0) is 21.2 Å². The molecular weight excluding hydrogens is 383 g/mol. The van der Waals surface area contributed by atoms with Gasteiger partial charge < -0.3 is 10.1 Å². The molecule has 150 valence electrons. The highest BCUT2D eigenvalue weighted by atomic mass is 32.2. The van der Waals surface area contributed by atoms with Crippen molar-refractivity contribution in [2.24, 2.45) is 0 Å². The number of amides is 1. The maximum Gasteiger partial charge on any atom is 0.251 e. The third-order valence-electron chi connectivity index (χ3n) is 4.52. The monoisotopic (exact) mass is 406 g/mol. The summed E-state index contributed by atoms with van der Waals surface area (Å²) in [6.07, 6.45) is 1.30. The summed E-state index contributed by atoms with van der Waals surface area (Å²) in [4.78, 5) is 12.5. The first kappa shape index (κ1) is 20.4. The lowest BCUT2D eigenvalue weighted by atomic mass is 10.1. The number of hydrogen-bond acceptors (Lipinski definition) is 4. The molecule has 1 heterocycles. The minimum absolute atomic E-state index is 0.0989. The lowest BCUT2D eigenvalue weighted by molar-refractivity contribution is 0.0730. The molecule has 28 heavy (non-hydrogen) atoms. The van der Waals surface area contributed by atoms with Gasteiger partial charge in [-0.1, -0.05) is 18.2 Å². The van der Waals surface area contributed by atoms with Crippen LogP contribution in [0, 0.1) is 5.82 Å². The zero-order chi connectivity index (χ0) is 20.0. The highest BCUT2D eigenvalue weighted by molar-refractivity contribution is 7.89. The zero-order valence-corrected chi connectivity index (χ0v) is 16.3. The number of ether oxygens (including phenoxy) is 1. The van der Waals surface area contributed by atoms with Crippen LogP contribution in [0.5, 0.6) is 0 Å². The van der Waals surface area contributed by atoms with Crippen molar-refractivity contribution in [1.82, 2.24) is 9.62 Å². The van der Waals surface area contributed by atoms with Crippen molar-refractivity contribution in [3.63, 3.8) is 0 Å². The van der Waals surface area contributed by atoms with Gasteiger partial charge in [0.1, 0.15) is 5.82 Å². The van der Waals surface area contributed by atoms with E-state index in [1.165, 1.54) is 28.6 Å². The van der Waals surface area contributed by atoms with E-state index in [2.05, 4.69) is 5.32 Å². The summed E-state index contributed by atoms with van der Waals surface area (Å²) in [5.74, 6) is -0.613. The molecule has 0 spiro atoms. The summed E-state index contributed by atoms with van der Waals surface area (Å²) in [6, 6.07) is 12.4. The minimum Gasteiger partial charge on any atom is -0.379 e. The number of sulfonamides is 1. The summed E-state index contributed by atoms with van der Waals surface area (Å²) in [7, 11) is -3.65. The van der Waals surface area contributed by atoms with E-state index in [0.29, 0.717) is 51.3 Å². The largest absolute Gasteiger partial charge is 0.379 e. The second kappa shape index (κ2) is 9.27. The van der Waals surface area contributed by atoms with Gasteiger partial charge in [-0.3, -0.25) is 4.79 Å². The normalized spacial score (nSPS) is 15.3. The van der Waals surface area contributed by atoms with E-state index in [1.54, 1.807) is 18.2 Å². The van der Waals surface area contributed by atoms with Gasteiger partial charge in [0.05, 0.1) is 18.1 Å². The van der Waals surface area contributed by atoms with Gasteiger partial charge in [-0.15, -0.1) is 0 Å². The van der Waals surface area contributed by atoms with Crippen molar-refractivity contribution in [2.45, 2.75) is 17.7 Å². The minimum atomic E-state index is -3.65. The molecule has 0 saturated carbocycles. The number of morpholine rings is 1. The molecule has 0 unspecified atom stereocenters. The van der Waals surface area contributed by atoms with Crippen molar-refractivity contribution in [1.29, 1.82) is 0 Å². The number of benzene rings is 2. The maximum absolute atomic E-state index is 13.2. The van der Waals surface area contributed by atoms with E-state index in [0.717, 1.165) is 5.56 Å². The predicted octanol–water partition coefficient (Wildman–Crippen LogP) is 2.21. The molecule has 8 heteroatoms. The molecule has 0 radical (unpaired) electrons. The summed E-state index contributed by atoms with van der Waals surface area (Å²) in [6.45, 7) is 1.75. The molecule has 2 aromatic rings. The lowest BCUT2D eigenvalue weighted by Crippen LogP contribution is -2.40. The maximum atomic E-state index is 13.2. The Morgan fingerprint density at radius 3 is 2.61 bits per heavy atom. The first-order valence-corrected chi connectivity index (χ1v) is 10.6. The third-order valence-corrected chi connectivity index (χ3v) is 6.42. The van der Waals surface area contributed by atoms with Gasteiger partial charge in [-0.25, -0.2) is 12.8 Å². The fraction of sp³-hybridized carbons (Fsp3) is 0.350. The topological polar surface area (TPSA) is 75.7 Å². The SMILES string of the molecule is O=C(NCCCc1cccc(F)c1)c1cccc(S(=O)(=O)N2CCOCC2)c1. The Labute approximate surface area is 164 Å². The first-order chi connectivity index (χ1) is 13.5. The molecule has 2 aromatic carbocycles. The van der Waals surface area contributed by atoms with Crippen molar-refractivity contribution in [2.75, 3.05) is 32.8 Å². The molecule has 0 atom stereocenters. The summed E-state index contributed by atoms with van der Waals surface area (Å²) in [5, 5.41) is 2.78. The van der Waals surface area contributed by atoms with Crippen LogP contribution >= 0.6 is 0 Å². The Morgan fingerprint density at radius 2 is 1.86 bits per heavy atom. The number of aryl methyl sites for hydroxylation is 1. The Morgan fingerprint density at radius 1 is 1.11 bits per heavy atom. The van der Waals surface area contributed by atoms with Crippen molar-refractivity contribution in [3.8, 4) is 0 Å². The molecule has 0 aromatic heterocycles. The van der Waals surface area contributed by atoms with Crippen LogP contribution in [0.2, 0.25) is 0 Å².